The summed E-state index contributed by atoms with van der Waals surface area (Å²) in [6.45, 7) is 13.4. The van der Waals surface area contributed by atoms with Crippen molar-refractivity contribution in [1.82, 2.24) is 4.90 Å². The molecule has 4 atom stereocenters. The molecule has 0 aromatic rings. The second-order valence-electron chi connectivity index (χ2n) is 18.6. The second-order valence-corrected chi connectivity index (χ2v) is 18.6. The molecule has 0 spiro atoms. The van der Waals surface area contributed by atoms with Crippen molar-refractivity contribution in [1.29, 1.82) is 0 Å². The number of fused-ring (bicyclic) bond motifs is 5. The molecule has 0 heterocycles. The van der Waals surface area contributed by atoms with Crippen LogP contribution in [-0.4, -0.2) is 59.2 Å². The SMILES string of the molecule is CCCCC/C=C\C/C=C\CCCCCCCC(=O)OC1(C)CC2CC(C)(OC(=O)CCCN(CC)CC)CC(OC(=O)CC34CC=CC(CC3)CC4)(C2)C1. The summed E-state index contributed by atoms with van der Waals surface area (Å²) in [5.74, 6) is 0.279. The van der Waals surface area contributed by atoms with E-state index in [0.29, 0.717) is 50.9 Å². The number of unbranched alkanes of at least 4 members (excludes halogenated alkanes) is 8. The summed E-state index contributed by atoms with van der Waals surface area (Å²) in [4.78, 5) is 42.9. The maximum Gasteiger partial charge on any atom is 0.306 e. The number of carbonyl (C=O) groups is 3. The first-order valence-electron chi connectivity index (χ1n) is 22.8. The number of hydrogen-bond donors (Lipinski definition) is 0. The van der Waals surface area contributed by atoms with Crippen molar-refractivity contribution in [3.05, 3.63) is 36.5 Å². The van der Waals surface area contributed by atoms with Gasteiger partial charge in [0.15, 0.2) is 0 Å². The summed E-state index contributed by atoms with van der Waals surface area (Å²) >= 11 is 0. The molecule has 312 valence electrons. The van der Waals surface area contributed by atoms with Crippen LogP contribution >= 0.6 is 0 Å². The van der Waals surface area contributed by atoms with Crippen molar-refractivity contribution in [2.24, 2.45) is 17.3 Å². The molecule has 55 heavy (non-hydrogen) atoms. The van der Waals surface area contributed by atoms with Gasteiger partial charge in [0, 0.05) is 25.7 Å². The molecule has 0 aromatic heterocycles. The molecule has 4 unspecified atom stereocenters. The summed E-state index contributed by atoms with van der Waals surface area (Å²) < 4.78 is 19.3. The first-order chi connectivity index (χ1) is 26.4. The minimum atomic E-state index is -0.836. The molecular weight excluding hydrogens is 687 g/mol. The van der Waals surface area contributed by atoms with Crippen LogP contribution < -0.4 is 0 Å². The third-order valence-electron chi connectivity index (χ3n) is 13.2. The smallest absolute Gasteiger partial charge is 0.306 e. The summed E-state index contributed by atoms with van der Waals surface area (Å²) in [7, 11) is 0. The fourth-order valence-corrected chi connectivity index (χ4v) is 10.7. The topological polar surface area (TPSA) is 82.1 Å². The average molecular weight is 766 g/mol. The van der Waals surface area contributed by atoms with Gasteiger partial charge >= 0.3 is 17.9 Å². The van der Waals surface area contributed by atoms with Crippen LogP contribution in [0.15, 0.2) is 36.5 Å². The molecular formula is C48H79NO6. The van der Waals surface area contributed by atoms with E-state index in [1.807, 2.05) is 13.8 Å². The highest BCUT2D eigenvalue weighted by molar-refractivity contribution is 5.72. The molecule has 5 aliphatic carbocycles. The second kappa shape index (κ2) is 22.5. The van der Waals surface area contributed by atoms with Gasteiger partial charge in [0.25, 0.3) is 0 Å². The van der Waals surface area contributed by atoms with Gasteiger partial charge in [-0.05, 0) is 147 Å². The summed E-state index contributed by atoms with van der Waals surface area (Å²) in [5.41, 5.74) is -2.33. The van der Waals surface area contributed by atoms with Crippen molar-refractivity contribution in [3.8, 4) is 0 Å². The lowest BCUT2D eigenvalue weighted by Crippen LogP contribution is -2.59. The monoisotopic (exact) mass is 766 g/mol. The van der Waals surface area contributed by atoms with Gasteiger partial charge in [0.05, 0.1) is 6.42 Å². The van der Waals surface area contributed by atoms with E-state index in [9.17, 15) is 14.4 Å². The highest BCUT2D eigenvalue weighted by Crippen LogP contribution is 2.55. The Morgan fingerprint density at radius 1 is 0.691 bits per heavy atom. The Hall–Kier alpha value is -2.41. The average Bonchev–Trinajstić information content (AvgIpc) is 3.44. The molecule has 0 N–H and O–H groups in total. The Kier molecular flexibility index (Phi) is 18.5. The molecule has 0 aliphatic heterocycles. The van der Waals surface area contributed by atoms with Crippen LogP contribution in [0.3, 0.4) is 0 Å². The maximum absolute atomic E-state index is 14.0. The zero-order valence-corrected chi connectivity index (χ0v) is 35.8. The standard InChI is InChI=1S/C48H79NO6/c1-6-9-10-11-12-13-14-15-16-17-18-19-20-21-22-26-42(50)53-45(4)34-41-35-46(5,54-43(51)27-24-33-49(7-2)8-3)39-48(36-41,38-45)55-44(52)37-47-30-23-25-40(28-31-47)29-32-47/h12-13,15-16,23,25,40-41H,6-11,14,17-22,24,26-39H2,1-5H3/b13-12-,16-15-. The molecule has 0 radical (unpaired) electrons. The van der Waals surface area contributed by atoms with Gasteiger partial charge in [-0.25, -0.2) is 0 Å². The predicted octanol–water partition coefficient (Wildman–Crippen LogP) is 11.9. The van der Waals surface area contributed by atoms with E-state index < -0.39 is 16.8 Å². The summed E-state index contributed by atoms with van der Waals surface area (Å²) in [5, 5.41) is 0. The van der Waals surface area contributed by atoms with E-state index in [-0.39, 0.29) is 29.2 Å². The zero-order valence-electron chi connectivity index (χ0n) is 35.8. The maximum atomic E-state index is 14.0. The molecule has 0 aromatic carbocycles. The molecule has 7 nitrogen and oxygen atoms in total. The lowest BCUT2D eigenvalue weighted by Gasteiger charge is -2.55. The van der Waals surface area contributed by atoms with Crippen LogP contribution in [0.1, 0.15) is 195 Å². The number of esters is 3. The van der Waals surface area contributed by atoms with Gasteiger partial charge in [-0.3, -0.25) is 14.4 Å². The molecule has 3 saturated carbocycles. The largest absolute Gasteiger partial charge is 0.459 e. The predicted molar refractivity (Wildman–Crippen MR) is 224 cm³/mol. The Labute approximate surface area is 335 Å². The van der Waals surface area contributed by atoms with Crippen molar-refractivity contribution >= 4 is 17.9 Å². The number of allylic oxidation sites excluding steroid dienone is 6. The fourth-order valence-electron chi connectivity index (χ4n) is 10.7. The first-order valence-corrected chi connectivity index (χ1v) is 22.8. The lowest BCUT2D eigenvalue weighted by atomic mass is 9.59. The van der Waals surface area contributed by atoms with Gasteiger partial charge in [-0.2, -0.15) is 0 Å². The minimum Gasteiger partial charge on any atom is -0.459 e. The Bertz CT molecular complexity index is 1280. The van der Waals surface area contributed by atoms with Crippen LogP contribution in [0.5, 0.6) is 0 Å². The van der Waals surface area contributed by atoms with Crippen LogP contribution in [0.25, 0.3) is 0 Å². The molecule has 0 saturated heterocycles. The molecule has 0 amide bonds. The van der Waals surface area contributed by atoms with Gasteiger partial charge in [-0.1, -0.05) is 89.3 Å². The van der Waals surface area contributed by atoms with E-state index in [4.69, 9.17) is 14.2 Å². The van der Waals surface area contributed by atoms with Crippen LogP contribution in [0, 0.1) is 17.3 Å². The molecule has 5 rings (SSSR count). The summed E-state index contributed by atoms with van der Waals surface area (Å²) in [6, 6.07) is 0. The Morgan fingerprint density at radius 2 is 1.27 bits per heavy atom. The quantitative estimate of drug-likeness (QED) is 0.0396. The first kappa shape index (κ1) is 45.3. The van der Waals surface area contributed by atoms with Gasteiger partial charge < -0.3 is 19.1 Å². The number of hydrogen-bond acceptors (Lipinski definition) is 7. The van der Waals surface area contributed by atoms with Crippen LogP contribution in [0.2, 0.25) is 0 Å². The fraction of sp³-hybridized carbons (Fsp3) is 0.812. The number of carbonyl (C=O) groups excluding carboxylic acids is 3. The van der Waals surface area contributed by atoms with Crippen LogP contribution in [-0.2, 0) is 28.6 Å². The number of nitrogens with zero attached hydrogens (tertiary/aromatic N) is 1. The molecule has 7 heteroatoms. The van der Waals surface area contributed by atoms with Gasteiger partial charge in [0.2, 0.25) is 0 Å². The van der Waals surface area contributed by atoms with E-state index >= 15 is 0 Å². The Morgan fingerprint density at radius 3 is 1.89 bits per heavy atom. The third-order valence-corrected chi connectivity index (χ3v) is 13.2. The van der Waals surface area contributed by atoms with Crippen molar-refractivity contribution < 1.29 is 28.6 Å². The normalized spacial score (nSPS) is 30.2. The highest BCUT2D eigenvalue weighted by atomic mass is 16.6. The minimum absolute atomic E-state index is 0.0299. The van der Waals surface area contributed by atoms with Crippen LogP contribution in [0.4, 0.5) is 0 Å². The third kappa shape index (κ3) is 15.5. The van der Waals surface area contributed by atoms with Crippen molar-refractivity contribution in [2.75, 3.05) is 19.6 Å². The number of ether oxygens (including phenoxy) is 3. The van der Waals surface area contributed by atoms with E-state index in [1.165, 1.54) is 38.5 Å². The summed E-state index contributed by atoms with van der Waals surface area (Å²) in [6.07, 6.45) is 36.7. The zero-order chi connectivity index (χ0) is 39.6. The number of rotatable bonds is 25. The van der Waals surface area contributed by atoms with Gasteiger partial charge in [0.1, 0.15) is 16.8 Å². The van der Waals surface area contributed by atoms with E-state index in [0.717, 1.165) is 96.7 Å². The highest BCUT2D eigenvalue weighted by Gasteiger charge is 2.59. The van der Waals surface area contributed by atoms with Crippen molar-refractivity contribution in [3.63, 3.8) is 0 Å². The van der Waals surface area contributed by atoms with E-state index in [2.05, 4.69) is 62.1 Å². The van der Waals surface area contributed by atoms with E-state index in [1.54, 1.807) is 0 Å². The lowest BCUT2D eigenvalue weighted by molar-refractivity contribution is -0.223. The molecule has 3 fully saturated rings. The Balaban J connectivity index is 1.28. The molecule has 4 bridgehead atoms. The molecule has 5 aliphatic rings. The van der Waals surface area contributed by atoms with Crippen molar-refractivity contribution in [2.45, 2.75) is 212 Å². The van der Waals surface area contributed by atoms with Gasteiger partial charge in [-0.15, -0.1) is 0 Å².